The molecule has 5 nitrogen and oxygen atoms in total. The van der Waals surface area contributed by atoms with Gasteiger partial charge in [0.25, 0.3) is 0 Å². The fourth-order valence-corrected chi connectivity index (χ4v) is 2.50. The number of aliphatic hydroxyl groups is 1. The van der Waals surface area contributed by atoms with Crippen LogP contribution in [0.5, 0.6) is 0 Å². The Kier molecular flexibility index (Phi) is 4.36. The fraction of sp³-hybridized carbons (Fsp3) is 0.692. The van der Waals surface area contributed by atoms with E-state index in [0.29, 0.717) is 17.9 Å². The standard InChI is InChI=1S/C13H22N4O/c1-9-7-15-13(14-2)17-12(9)16-11-6-4-3-5-10(11)8-18/h7,10-11,18H,3-6,8H2,1-2H3,(H2,14,15,16,17). The summed E-state index contributed by atoms with van der Waals surface area (Å²) in [5, 5.41) is 15.8. The van der Waals surface area contributed by atoms with Crippen LogP contribution in [0.1, 0.15) is 31.2 Å². The zero-order chi connectivity index (χ0) is 13.0. The molecule has 0 bridgehead atoms. The lowest BCUT2D eigenvalue weighted by molar-refractivity contribution is 0.178. The lowest BCUT2D eigenvalue weighted by Crippen LogP contribution is -2.35. The van der Waals surface area contributed by atoms with Gasteiger partial charge in [-0.3, -0.25) is 0 Å². The van der Waals surface area contributed by atoms with E-state index in [0.717, 1.165) is 24.2 Å². The number of nitrogens with zero attached hydrogens (tertiary/aromatic N) is 2. The molecule has 0 spiro atoms. The Balaban J connectivity index is 2.11. The largest absolute Gasteiger partial charge is 0.396 e. The van der Waals surface area contributed by atoms with Crippen LogP contribution in [-0.2, 0) is 0 Å². The molecule has 1 aliphatic carbocycles. The number of hydrogen-bond acceptors (Lipinski definition) is 5. The topological polar surface area (TPSA) is 70.1 Å². The highest BCUT2D eigenvalue weighted by Crippen LogP contribution is 2.27. The van der Waals surface area contributed by atoms with E-state index in [9.17, 15) is 5.11 Å². The highest BCUT2D eigenvalue weighted by molar-refractivity contribution is 5.47. The molecule has 1 heterocycles. The van der Waals surface area contributed by atoms with Crippen molar-refractivity contribution in [3.05, 3.63) is 11.8 Å². The summed E-state index contributed by atoms with van der Waals surface area (Å²) in [4.78, 5) is 8.62. The monoisotopic (exact) mass is 250 g/mol. The number of hydrogen-bond donors (Lipinski definition) is 3. The number of nitrogens with one attached hydrogen (secondary N) is 2. The van der Waals surface area contributed by atoms with Crippen LogP contribution in [0.4, 0.5) is 11.8 Å². The number of anilines is 2. The minimum absolute atomic E-state index is 0.251. The first-order valence-electron chi connectivity index (χ1n) is 6.63. The first-order valence-corrected chi connectivity index (χ1v) is 6.63. The minimum Gasteiger partial charge on any atom is -0.396 e. The van der Waals surface area contributed by atoms with Crippen molar-refractivity contribution in [2.75, 3.05) is 24.3 Å². The second kappa shape index (κ2) is 6.00. The first kappa shape index (κ1) is 13.1. The molecule has 0 amide bonds. The van der Waals surface area contributed by atoms with Gasteiger partial charge in [0.1, 0.15) is 5.82 Å². The van der Waals surface area contributed by atoms with Crippen LogP contribution in [0.15, 0.2) is 6.20 Å². The summed E-state index contributed by atoms with van der Waals surface area (Å²) in [6.45, 7) is 2.25. The molecule has 0 aromatic carbocycles. The van der Waals surface area contributed by atoms with Gasteiger partial charge in [0.05, 0.1) is 0 Å². The Bertz CT molecular complexity index is 397. The minimum atomic E-state index is 0.251. The average Bonchev–Trinajstić information content (AvgIpc) is 2.42. The van der Waals surface area contributed by atoms with Crippen LogP contribution < -0.4 is 10.6 Å². The van der Waals surface area contributed by atoms with E-state index in [2.05, 4.69) is 20.6 Å². The summed E-state index contributed by atoms with van der Waals surface area (Å²) in [7, 11) is 1.81. The molecular weight excluding hydrogens is 228 g/mol. The second-order valence-corrected chi connectivity index (χ2v) is 4.95. The Labute approximate surface area is 108 Å². The summed E-state index contributed by atoms with van der Waals surface area (Å²) in [6, 6.07) is 0.321. The maximum Gasteiger partial charge on any atom is 0.224 e. The van der Waals surface area contributed by atoms with Crippen LogP contribution >= 0.6 is 0 Å². The summed E-state index contributed by atoms with van der Waals surface area (Å²) in [5.74, 6) is 1.84. The van der Waals surface area contributed by atoms with Crippen molar-refractivity contribution in [1.29, 1.82) is 0 Å². The Morgan fingerprint density at radius 1 is 1.39 bits per heavy atom. The predicted octanol–water partition coefficient (Wildman–Crippen LogP) is 1.79. The van der Waals surface area contributed by atoms with E-state index < -0.39 is 0 Å². The SMILES string of the molecule is CNc1ncc(C)c(NC2CCCCC2CO)n1. The van der Waals surface area contributed by atoms with Crippen molar-refractivity contribution >= 4 is 11.8 Å². The normalized spacial score (nSPS) is 23.7. The van der Waals surface area contributed by atoms with Gasteiger partial charge in [0.2, 0.25) is 5.95 Å². The summed E-state index contributed by atoms with van der Waals surface area (Å²) in [6.07, 6.45) is 6.45. The molecule has 1 aromatic heterocycles. The lowest BCUT2D eigenvalue weighted by Gasteiger charge is -2.31. The third kappa shape index (κ3) is 2.90. The molecule has 5 heteroatoms. The van der Waals surface area contributed by atoms with Crippen molar-refractivity contribution in [1.82, 2.24) is 9.97 Å². The Hall–Kier alpha value is -1.36. The van der Waals surface area contributed by atoms with E-state index in [1.165, 1.54) is 12.8 Å². The van der Waals surface area contributed by atoms with Gasteiger partial charge in [-0.2, -0.15) is 4.98 Å². The molecule has 1 aliphatic rings. The Morgan fingerprint density at radius 2 is 2.17 bits per heavy atom. The van der Waals surface area contributed by atoms with Crippen LogP contribution in [0.25, 0.3) is 0 Å². The van der Waals surface area contributed by atoms with Gasteiger partial charge in [0, 0.05) is 37.4 Å². The molecule has 2 rings (SSSR count). The maximum atomic E-state index is 9.42. The molecule has 1 aromatic rings. The predicted molar refractivity (Wildman–Crippen MR) is 72.8 cm³/mol. The molecule has 3 N–H and O–H groups in total. The number of rotatable bonds is 4. The second-order valence-electron chi connectivity index (χ2n) is 4.95. The smallest absolute Gasteiger partial charge is 0.224 e. The van der Waals surface area contributed by atoms with E-state index in [4.69, 9.17) is 0 Å². The third-order valence-corrected chi connectivity index (χ3v) is 3.66. The molecule has 0 saturated heterocycles. The molecule has 0 aliphatic heterocycles. The molecule has 1 fully saturated rings. The van der Waals surface area contributed by atoms with E-state index >= 15 is 0 Å². The quantitative estimate of drug-likeness (QED) is 0.760. The zero-order valence-electron chi connectivity index (χ0n) is 11.1. The van der Waals surface area contributed by atoms with Gasteiger partial charge in [-0.15, -0.1) is 0 Å². The summed E-state index contributed by atoms with van der Waals surface area (Å²) < 4.78 is 0. The van der Waals surface area contributed by atoms with Crippen molar-refractivity contribution < 1.29 is 5.11 Å². The van der Waals surface area contributed by atoms with E-state index in [1.807, 2.05) is 20.2 Å². The van der Waals surface area contributed by atoms with Crippen molar-refractivity contribution in [3.8, 4) is 0 Å². The van der Waals surface area contributed by atoms with E-state index in [-0.39, 0.29) is 6.61 Å². The Morgan fingerprint density at radius 3 is 2.89 bits per heavy atom. The number of aryl methyl sites for hydroxylation is 1. The van der Waals surface area contributed by atoms with Gasteiger partial charge < -0.3 is 15.7 Å². The zero-order valence-corrected chi connectivity index (χ0v) is 11.1. The number of aromatic nitrogens is 2. The van der Waals surface area contributed by atoms with Crippen molar-refractivity contribution in [3.63, 3.8) is 0 Å². The van der Waals surface area contributed by atoms with Crippen LogP contribution in [0.2, 0.25) is 0 Å². The van der Waals surface area contributed by atoms with Gasteiger partial charge >= 0.3 is 0 Å². The van der Waals surface area contributed by atoms with Gasteiger partial charge in [0.15, 0.2) is 0 Å². The highest BCUT2D eigenvalue weighted by atomic mass is 16.3. The van der Waals surface area contributed by atoms with Gasteiger partial charge in [-0.1, -0.05) is 12.8 Å². The molecular formula is C13H22N4O. The first-order chi connectivity index (χ1) is 8.74. The molecule has 0 radical (unpaired) electrons. The average molecular weight is 250 g/mol. The van der Waals surface area contributed by atoms with Crippen LogP contribution in [-0.4, -0.2) is 34.8 Å². The summed E-state index contributed by atoms with van der Waals surface area (Å²) in [5.41, 5.74) is 1.04. The van der Waals surface area contributed by atoms with Crippen LogP contribution in [0.3, 0.4) is 0 Å². The number of aliphatic hydroxyl groups excluding tert-OH is 1. The van der Waals surface area contributed by atoms with E-state index in [1.54, 1.807) is 0 Å². The van der Waals surface area contributed by atoms with Crippen molar-refractivity contribution in [2.24, 2.45) is 5.92 Å². The van der Waals surface area contributed by atoms with Gasteiger partial charge in [-0.05, 0) is 19.8 Å². The summed E-state index contributed by atoms with van der Waals surface area (Å²) >= 11 is 0. The fourth-order valence-electron chi connectivity index (χ4n) is 2.50. The third-order valence-electron chi connectivity index (χ3n) is 3.66. The molecule has 2 unspecified atom stereocenters. The molecule has 100 valence electrons. The molecule has 1 saturated carbocycles. The highest BCUT2D eigenvalue weighted by Gasteiger charge is 2.25. The molecule has 18 heavy (non-hydrogen) atoms. The van der Waals surface area contributed by atoms with Crippen molar-refractivity contribution in [2.45, 2.75) is 38.6 Å². The molecule has 2 atom stereocenters. The van der Waals surface area contributed by atoms with Gasteiger partial charge in [-0.25, -0.2) is 4.98 Å². The lowest BCUT2D eigenvalue weighted by atomic mass is 9.85. The van der Waals surface area contributed by atoms with Crippen LogP contribution in [0, 0.1) is 12.8 Å². The maximum absolute atomic E-state index is 9.42.